The highest BCUT2D eigenvalue weighted by atomic mass is 31.2. The van der Waals surface area contributed by atoms with Gasteiger partial charge >= 0.3 is 7.82 Å². The highest BCUT2D eigenvalue weighted by molar-refractivity contribution is 7.47. The maximum absolute atomic E-state index is 12.7. The molecule has 0 aromatic carbocycles. The zero-order valence-electron chi connectivity index (χ0n) is 31.7. The Morgan fingerprint density at radius 2 is 0.958 bits per heavy atom. The summed E-state index contributed by atoms with van der Waals surface area (Å²) in [6.07, 6.45) is 36.7. The number of aliphatic hydroxyl groups is 1. The van der Waals surface area contributed by atoms with Crippen LogP contribution < -0.4 is 11.1 Å². The molecule has 0 radical (unpaired) electrons. The molecule has 3 unspecified atom stereocenters. The van der Waals surface area contributed by atoms with Gasteiger partial charge in [0.25, 0.3) is 0 Å². The molecule has 0 saturated heterocycles. The number of aliphatic hydroxyl groups excluding tert-OH is 1. The molecule has 3 atom stereocenters. The molecule has 0 bridgehead atoms. The molecule has 288 valence electrons. The van der Waals surface area contributed by atoms with E-state index in [1.165, 1.54) is 148 Å². The molecule has 1 amide bonds. The third-order valence-electron chi connectivity index (χ3n) is 9.46. The second-order valence-corrected chi connectivity index (χ2v) is 15.7. The first kappa shape index (κ1) is 47.5. The molecule has 0 aromatic heterocycles. The lowest BCUT2D eigenvalue weighted by atomic mass is 10.0. The first-order valence-corrected chi connectivity index (χ1v) is 22.1. The van der Waals surface area contributed by atoms with Crippen LogP contribution in [-0.4, -0.2) is 47.8 Å². The highest BCUT2D eigenvalue weighted by Crippen LogP contribution is 2.43. The van der Waals surface area contributed by atoms with E-state index in [-0.39, 0.29) is 25.7 Å². The van der Waals surface area contributed by atoms with Crippen LogP contribution in [0, 0.1) is 0 Å². The number of rotatable bonds is 39. The molecular formula is C39H81N2O6P. The van der Waals surface area contributed by atoms with E-state index < -0.39 is 20.0 Å². The summed E-state index contributed by atoms with van der Waals surface area (Å²) in [5.74, 6) is -0.159. The summed E-state index contributed by atoms with van der Waals surface area (Å²) >= 11 is 0. The average Bonchev–Trinajstić information content (AvgIpc) is 3.07. The summed E-state index contributed by atoms with van der Waals surface area (Å²) in [7, 11) is -4.30. The smallest absolute Gasteiger partial charge is 0.391 e. The number of unbranched alkanes of at least 4 members (excludes halogenated alkanes) is 27. The Balaban J connectivity index is 4.17. The molecule has 0 rings (SSSR count). The van der Waals surface area contributed by atoms with Crippen LogP contribution in [0.25, 0.3) is 0 Å². The van der Waals surface area contributed by atoms with Gasteiger partial charge in [0.15, 0.2) is 0 Å². The molecule has 0 saturated carbocycles. The number of nitrogens with one attached hydrogen (secondary N) is 1. The van der Waals surface area contributed by atoms with Crippen LogP contribution in [0.3, 0.4) is 0 Å². The van der Waals surface area contributed by atoms with Gasteiger partial charge in [-0.1, -0.05) is 194 Å². The number of nitrogens with two attached hydrogens (primary N) is 1. The van der Waals surface area contributed by atoms with E-state index in [1.54, 1.807) is 0 Å². The fourth-order valence-electron chi connectivity index (χ4n) is 6.31. The van der Waals surface area contributed by atoms with Gasteiger partial charge in [-0.25, -0.2) is 4.57 Å². The van der Waals surface area contributed by atoms with Crippen molar-refractivity contribution in [3.8, 4) is 0 Å². The molecule has 0 fully saturated rings. The topological polar surface area (TPSA) is 131 Å². The molecule has 9 heteroatoms. The number of phosphoric ester groups is 1. The van der Waals surface area contributed by atoms with E-state index >= 15 is 0 Å². The van der Waals surface area contributed by atoms with E-state index in [9.17, 15) is 19.4 Å². The molecule has 48 heavy (non-hydrogen) atoms. The number of hydrogen-bond donors (Lipinski definition) is 4. The zero-order valence-corrected chi connectivity index (χ0v) is 32.6. The van der Waals surface area contributed by atoms with Crippen molar-refractivity contribution in [1.82, 2.24) is 5.32 Å². The lowest BCUT2D eigenvalue weighted by Gasteiger charge is -2.25. The lowest BCUT2D eigenvalue weighted by molar-refractivity contribution is -0.123. The number of amides is 1. The first-order chi connectivity index (χ1) is 23.4. The van der Waals surface area contributed by atoms with Gasteiger partial charge in [-0.05, 0) is 12.8 Å². The molecule has 0 aliphatic rings. The van der Waals surface area contributed by atoms with Gasteiger partial charge in [0, 0.05) is 13.0 Å². The Morgan fingerprint density at radius 1 is 0.604 bits per heavy atom. The van der Waals surface area contributed by atoms with Crippen LogP contribution >= 0.6 is 7.82 Å². The van der Waals surface area contributed by atoms with Gasteiger partial charge in [-0.2, -0.15) is 0 Å². The minimum absolute atomic E-state index is 0.0923. The number of carbonyl (C=O) groups excluding carboxylic acids is 1. The van der Waals surface area contributed by atoms with E-state index in [2.05, 4.69) is 19.2 Å². The van der Waals surface area contributed by atoms with Crippen molar-refractivity contribution in [2.75, 3.05) is 19.8 Å². The largest absolute Gasteiger partial charge is 0.472 e. The van der Waals surface area contributed by atoms with E-state index in [4.69, 9.17) is 14.8 Å². The minimum Gasteiger partial charge on any atom is -0.391 e. The SMILES string of the molecule is CCCCCCCCCCCCCCCCCC(O)C(COP(=O)(O)OCCN)NC(=O)CCCCCCCCCCCCCCCC. The molecule has 8 nitrogen and oxygen atoms in total. The second kappa shape index (κ2) is 36.3. The molecule has 0 heterocycles. The van der Waals surface area contributed by atoms with Gasteiger partial charge in [0.05, 0.1) is 25.4 Å². The van der Waals surface area contributed by atoms with E-state index in [0.717, 1.165) is 38.5 Å². The van der Waals surface area contributed by atoms with Crippen molar-refractivity contribution in [2.45, 2.75) is 225 Å². The maximum atomic E-state index is 12.7. The fourth-order valence-corrected chi connectivity index (χ4v) is 7.07. The quantitative estimate of drug-likeness (QED) is 0.0370. The van der Waals surface area contributed by atoms with Crippen LogP contribution in [0.4, 0.5) is 0 Å². The van der Waals surface area contributed by atoms with Crippen LogP contribution in [0.2, 0.25) is 0 Å². The normalized spacial score (nSPS) is 14.2. The summed E-state index contributed by atoms with van der Waals surface area (Å²) in [6, 6.07) is -0.766. The van der Waals surface area contributed by atoms with Crippen molar-refractivity contribution in [3.05, 3.63) is 0 Å². The third kappa shape index (κ3) is 34.0. The maximum Gasteiger partial charge on any atom is 0.472 e. The predicted octanol–water partition coefficient (Wildman–Crippen LogP) is 11.1. The van der Waals surface area contributed by atoms with Crippen molar-refractivity contribution < 1.29 is 28.4 Å². The molecule has 0 spiro atoms. The summed E-state index contributed by atoms with van der Waals surface area (Å²) in [4.78, 5) is 22.7. The Hall–Kier alpha value is -0.500. The van der Waals surface area contributed by atoms with Crippen molar-refractivity contribution in [1.29, 1.82) is 0 Å². The molecular weight excluding hydrogens is 623 g/mol. The Kier molecular flexibility index (Phi) is 35.9. The minimum atomic E-state index is -4.30. The van der Waals surface area contributed by atoms with Gasteiger partial charge in [-0.15, -0.1) is 0 Å². The van der Waals surface area contributed by atoms with Gasteiger partial charge in [0.1, 0.15) is 0 Å². The highest BCUT2D eigenvalue weighted by Gasteiger charge is 2.27. The van der Waals surface area contributed by atoms with Crippen molar-refractivity contribution >= 4 is 13.7 Å². The van der Waals surface area contributed by atoms with Crippen molar-refractivity contribution in [2.24, 2.45) is 5.73 Å². The monoisotopic (exact) mass is 705 g/mol. The first-order valence-electron chi connectivity index (χ1n) is 20.7. The van der Waals surface area contributed by atoms with Crippen LogP contribution in [0.5, 0.6) is 0 Å². The Morgan fingerprint density at radius 3 is 1.33 bits per heavy atom. The summed E-state index contributed by atoms with van der Waals surface area (Å²) in [5.41, 5.74) is 5.37. The summed E-state index contributed by atoms with van der Waals surface area (Å²) in [5, 5.41) is 13.8. The summed E-state index contributed by atoms with van der Waals surface area (Å²) < 4.78 is 22.1. The molecule has 0 aromatic rings. The van der Waals surface area contributed by atoms with Gasteiger partial charge < -0.3 is 21.1 Å². The van der Waals surface area contributed by atoms with Crippen LogP contribution in [-0.2, 0) is 18.4 Å². The second-order valence-electron chi connectivity index (χ2n) is 14.2. The Labute approximate surface area is 297 Å². The van der Waals surface area contributed by atoms with Gasteiger partial charge in [0.2, 0.25) is 5.91 Å². The third-order valence-corrected chi connectivity index (χ3v) is 10.4. The average molecular weight is 705 g/mol. The summed E-state index contributed by atoms with van der Waals surface area (Å²) in [6.45, 7) is 4.22. The number of phosphoric acid groups is 1. The Bertz CT molecular complexity index is 729. The lowest BCUT2D eigenvalue weighted by Crippen LogP contribution is -2.46. The zero-order chi connectivity index (χ0) is 35.4. The molecule has 5 N–H and O–H groups in total. The predicted molar refractivity (Wildman–Crippen MR) is 203 cm³/mol. The number of carbonyl (C=O) groups is 1. The van der Waals surface area contributed by atoms with E-state index in [1.807, 2.05) is 0 Å². The van der Waals surface area contributed by atoms with Gasteiger partial charge in [-0.3, -0.25) is 13.8 Å². The van der Waals surface area contributed by atoms with Crippen molar-refractivity contribution in [3.63, 3.8) is 0 Å². The van der Waals surface area contributed by atoms with Crippen LogP contribution in [0.1, 0.15) is 213 Å². The van der Waals surface area contributed by atoms with E-state index in [0.29, 0.717) is 12.8 Å². The van der Waals surface area contributed by atoms with Crippen LogP contribution in [0.15, 0.2) is 0 Å². The standard InChI is InChI=1S/C39H81N2O6P/c1-3-5-7-9-11-13-15-17-19-20-22-24-26-28-30-32-38(42)37(36-47-48(44,45)46-35-34-40)41-39(43)33-31-29-27-25-23-21-18-16-14-12-10-8-6-4-2/h37-38,42H,3-36,40H2,1-2H3,(H,41,43)(H,44,45). The fraction of sp³-hybridized carbons (Fsp3) is 0.974. The number of hydrogen-bond acceptors (Lipinski definition) is 6. The molecule has 0 aliphatic heterocycles. The molecule has 0 aliphatic carbocycles.